The third kappa shape index (κ3) is 2.34. The van der Waals surface area contributed by atoms with Crippen molar-refractivity contribution in [2.24, 2.45) is 5.92 Å². The van der Waals surface area contributed by atoms with Crippen LogP contribution in [0.15, 0.2) is 6.07 Å². The van der Waals surface area contributed by atoms with E-state index < -0.39 is 46.5 Å². The quantitative estimate of drug-likeness (QED) is 0.299. The van der Waals surface area contributed by atoms with E-state index in [4.69, 9.17) is 5.11 Å². The lowest BCUT2D eigenvalue weighted by atomic mass is 9.95. The lowest BCUT2D eigenvalue weighted by Crippen LogP contribution is -2.24. The molecule has 1 unspecified atom stereocenters. The summed E-state index contributed by atoms with van der Waals surface area (Å²) in [5.41, 5.74) is -1.11. The number of carbonyl (C=O) groups excluding carboxylic acids is 1. The number of Topliss-reactive ketones (excluding diaryl/α,β-unsaturated/α-hetero) is 1. The van der Waals surface area contributed by atoms with Crippen LogP contribution in [0.3, 0.4) is 0 Å². The van der Waals surface area contributed by atoms with Crippen LogP contribution >= 0.6 is 0 Å². The first-order chi connectivity index (χ1) is 8.31. The molecule has 0 aromatic heterocycles. The van der Waals surface area contributed by atoms with Crippen LogP contribution in [0.5, 0.6) is 0 Å². The maximum Gasteiger partial charge on any atom is 0.314 e. The van der Waals surface area contributed by atoms with Gasteiger partial charge in [-0.3, -0.25) is 9.59 Å². The van der Waals surface area contributed by atoms with E-state index in [1.54, 1.807) is 0 Å². The summed E-state index contributed by atoms with van der Waals surface area (Å²) in [6, 6.07) is 0.154. The van der Waals surface area contributed by atoms with E-state index >= 15 is 0 Å². The van der Waals surface area contributed by atoms with E-state index in [0.717, 1.165) is 0 Å². The monoisotopic (exact) mass is 264 g/mol. The number of aliphatic carboxylic acids is 1. The third-order valence-electron chi connectivity index (χ3n) is 2.39. The number of hydrogen-bond donors (Lipinski definition) is 1. The predicted octanol–water partition coefficient (Wildman–Crippen LogP) is 2.54. The van der Waals surface area contributed by atoms with E-state index in [0.29, 0.717) is 0 Å². The second kappa shape index (κ2) is 5.16. The second-order valence-electron chi connectivity index (χ2n) is 3.51. The molecule has 1 atom stereocenters. The highest BCUT2D eigenvalue weighted by Crippen LogP contribution is 2.22. The minimum Gasteiger partial charge on any atom is -0.481 e. The van der Waals surface area contributed by atoms with Crippen molar-refractivity contribution in [2.75, 3.05) is 0 Å². The van der Waals surface area contributed by atoms with Gasteiger partial charge in [-0.1, -0.05) is 6.92 Å². The van der Waals surface area contributed by atoms with Gasteiger partial charge < -0.3 is 5.11 Å². The van der Waals surface area contributed by atoms with Crippen LogP contribution in [0.25, 0.3) is 0 Å². The van der Waals surface area contributed by atoms with E-state index in [1.807, 2.05) is 0 Å². The Labute approximate surface area is 99.0 Å². The number of hydrogen-bond acceptors (Lipinski definition) is 2. The molecule has 0 aliphatic rings. The molecule has 0 aliphatic carbocycles. The molecule has 98 valence electrons. The number of rotatable bonds is 4. The smallest absolute Gasteiger partial charge is 0.314 e. The molecule has 1 aromatic rings. The van der Waals surface area contributed by atoms with Gasteiger partial charge in [0.1, 0.15) is 5.92 Å². The summed E-state index contributed by atoms with van der Waals surface area (Å²) >= 11 is 0. The Bertz CT molecular complexity index is 514. The van der Waals surface area contributed by atoms with Gasteiger partial charge in [-0.2, -0.15) is 0 Å². The fourth-order valence-electron chi connectivity index (χ4n) is 1.41. The van der Waals surface area contributed by atoms with Crippen molar-refractivity contribution in [3.63, 3.8) is 0 Å². The molecule has 0 fully saturated rings. The van der Waals surface area contributed by atoms with Crippen LogP contribution in [0.4, 0.5) is 17.6 Å². The van der Waals surface area contributed by atoms with Crippen LogP contribution < -0.4 is 0 Å². The molecule has 7 heteroatoms. The number of ketones is 1. The van der Waals surface area contributed by atoms with Crippen molar-refractivity contribution >= 4 is 11.8 Å². The molecule has 0 heterocycles. The van der Waals surface area contributed by atoms with Crippen molar-refractivity contribution in [3.8, 4) is 0 Å². The van der Waals surface area contributed by atoms with Crippen LogP contribution in [-0.4, -0.2) is 16.9 Å². The van der Waals surface area contributed by atoms with Gasteiger partial charge in [-0.15, -0.1) is 0 Å². The lowest BCUT2D eigenvalue weighted by molar-refractivity contribution is -0.140. The SMILES string of the molecule is CCC(C(=O)O)C(=O)c1cc(F)c(F)c(F)c1F. The number of carboxylic acids is 1. The maximum atomic E-state index is 13.3. The highest BCUT2D eigenvalue weighted by Gasteiger charge is 2.30. The Hall–Kier alpha value is -1.92. The van der Waals surface area contributed by atoms with Gasteiger partial charge in [0, 0.05) is 0 Å². The fourth-order valence-corrected chi connectivity index (χ4v) is 1.41. The minimum absolute atomic E-state index is 0.154. The third-order valence-corrected chi connectivity index (χ3v) is 2.39. The summed E-state index contributed by atoms with van der Waals surface area (Å²) in [5.74, 6) is -12.3. The molecule has 0 radical (unpaired) electrons. The molecule has 0 saturated heterocycles. The van der Waals surface area contributed by atoms with Gasteiger partial charge >= 0.3 is 5.97 Å². The molecule has 0 aliphatic heterocycles. The van der Waals surface area contributed by atoms with Gasteiger partial charge in [0.2, 0.25) is 0 Å². The first-order valence-corrected chi connectivity index (χ1v) is 4.91. The summed E-state index contributed by atoms with van der Waals surface area (Å²) < 4.78 is 51.7. The molecule has 1 aromatic carbocycles. The molecular formula is C11H8F4O3. The number of halogens is 4. The molecule has 18 heavy (non-hydrogen) atoms. The van der Waals surface area contributed by atoms with Crippen LogP contribution in [-0.2, 0) is 4.79 Å². The number of carbonyl (C=O) groups is 2. The molecule has 1 N–H and O–H groups in total. The normalized spacial score (nSPS) is 12.3. The van der Waals surface area contributed by atoms with E-state index in [-0.39, 0.29) is 12.5 Å². The summed E-state index contributed by atoms with van der Waals surface area (Å²) in [4.78, 5) is 22.3. The van der Waals surface area contributed by atoms with Crippen LogP contribution in [0, 0.1) is 29.2 Å². The Morgan fingerprint density at radius 1 is 1.17 bits per heavy atom. The van der Waals surface area contributed by atoms with Crippen LogP contribution in [0.1, 0.15) is 23.7 Å². The average molecular weight is 264 g/mol. The highest BCUT2D eigenvalue weighted by molar-refractivity contribution is 6.08. The van der Waals surface area contributed by atoms with Crippen LogP contribution in [0.2, 0.25) is 0 Å². The Morgan fingerprint density at radius 2 is 1.72 bits per heavy atom. The van der Waals surface area contributed by atoms with Gasteiger partial charge in [-0.05, 0) is 12.5 Å². The van der Waals surface area contributed by atoms with Gasteiger partial charge in [-0.25, -0.2) is 17.6 Å². The zero-order chi connectivity index (χ0) is 14.0. The average Bonchev–Trinajstić information content (AvgIpc) is 2.31. The lowest BCUT2D eigenvalue weighted by Gasteiger charge is -2.10. The first kappa shape index (κ1) is 14.1. The zero-order valence-corrected chi connectivity index (χ0v) is 9.14. The number of benzene rings is 1. The van der Waals surface area contributed by atoms with Gasteiger partial charge in [0.05, 0.1) is 5.56 Å². The molecule has 0 amide bonds. The molecule has 0 saturated carbocycles. The van der Waals surface area contributed by atoms with Crippen molar-refractivity contribution in [1.82, 2.24) is 0 Å². The zero-order valence-electron chi connectivity index (χ0n) is 9.14. The summed E-state index contributed by atoms with van der Waals surface area (Å²) in [7, 11) is 0. The summed E-state index contributed by atoms with van der Waals surface area (Å²) in [6.07, 6.45) is -0.186. The Morgan fingerprint density at radius 3 is 2.17 bits per heavy atom. The molecule has 0 bridgehead atoms. The second-order valence-corrected chi connectivity index (χ2v) is 3.51. The molecule has 3 nitrogen and oxygen atoms in total. The van der Waals surface area contributed by atoms with E-state index in [9.17, 15) is 27.2 Å². The minimum atomic E-state index is -2.14. The molecule has 0 spiro atoms. The largest absolute Gasteiger partial charge is 0.481 e. The molecular weight excluding hydrogens is 256 g/mol. The molecule has 1 rings (SSSR count). The topological polar surface area (TPSA) is 54.4 Å². The van der Waals surface area contributed by atoms with Crippen molar-refractivity contribution in [3.05, 3.63) is 34.9 Å². The summed E-state index contributed by atoms with van der Waals surface area (Å²) in [6.45, 7) is 1.34. The standard InChI is InChI=1S/C11H8F4O3/c1-2-4(11(17)18)10(16)5-3-6(12)8(14)9(15)7(5)13/h3-4H,2H2,1H3,(H,17,18). The predicted molar refractivity (Wildman–Crippen MR) is 52.0 cm³/mol. The van der Waals surface area contributed by atoms with Crippen molar-refractivity contribution < 1.29 is 32.3 Å². The Kier molecular flexibility index (Phi) is 4.05. The fraction of sp³-hybridized carbons (Fsp3) is 0.273. The number of carboxylic acid groups (broad SMARTS) is 1. The van der Waals surface area contributed by atoms with Crippen molar-refractivity contribution in [2.45, 2.75) is 13.3 Å². The highest BCUT2D eigenvalue weighted by atomic mass is 19.2. The van der Waals surface area contributed by atoms with Gasteiger partial charge in [0.15, 0.2) is 29.1 Å². The maximum absolute atomic E-state index is 13.3. The van der Waals surface area contributed by atoms with Gasteiger partial charge in [0.25, 0.3) is 0 Å². The van der Waals surface area contributed by atoms with Crippen molar-refractivity contribution in [1.29, 1.82) is 0 Å². The van der Waals surface area contributed by atoms with E-state index in [2.05, 4.69) is 0 Å². The van der Waals surface area contributed by atoms with E-state index in [1.165, 1.54) is 6.92 Å². The summed E-state index contributed by atoms with van der Waals surface area (Å²) in [5, 5.41) is 8.68. The Balaban J connectivity index is 3.34. The first-order valence-electron chi connectivity index (χ1n) is 4.91.